The van der Waals surface area contributed by atoms with Gasteiger partial charge in [0.1, 0.15) is 12.7 Å². The Labute approximate surface area is 61.9 Å². The Kier molecular flexibility index (Phi) is 2.13. The molecular weight excluding hydrogens is 171 g/mol. The standard InChI is InChI=1S/C3H5N4O3P/c4-11(8,9)10-3-6-1-5-2-7-3/h1-2H,(H3,4,8,9). The van der Waals surface area contributed by atoms with Crippen LogP contribution in [0.15, 0.2) is 12.7 Å². The van der Waals surface area contributed by atoms with E-state index >= 15 is 0 Å². The van der Waals surface area contributed by atoms with Crippen molar-refractivity contribution in [2.75, 3.05) is 0 Å². The van der Waals surface area contributed by atoms with Crippen LogP contribution < -0.4 is 10.0 Å². The summed E-state index contributed by atoms with van der Waals surface area (Å²) in [6, 6.07) is -0.270. The molecule has 3 N–H and O–H groups in total. The van der Waals surface area contributed by atoms with Crippen molar-refractivity contribution < 1.29 is 14.0 Å². The Morgan fingerprint density at radius 1 is 1.55 bits per heavy atom. The maximum absolute atomic E-state index is 10.4. The van der Waals surface area contributed by atoms with E-state index in [1.54, 1.807) is 0 Å². The molecule has 1 heterocycles. The van der Waals surface area contributed by atoms with Gasteiger partial charge in [0.25, 0.3) is 0 Å². The molecule has 0 radical (unpaired) electrons. The molecule has 0 aliphatic rings. The monoisotopic (exact) mass is 176 g/mol. The second kappa shape index (κ2) is 2.91. The lowest BCUT2D eigenvalue weighted by molar-refractivity contribution is 0.367. The highest BCUT2D eigenvalue weighted by molar-refractivity contribution is 7.50. The maximum Gasteiger partial charge on any atom is 0.455 e. The van der Waals surface area contributed by atoms with Crippen LogP contribution in [0.2, 0.25) is 0 Å². The summed E-state index contributed by atoms with van der Waals surface area (Å²) in [4.78, 5) is 18.8. The van der Waals surface area contributed by atoms with Crippen LogP contribution in [-0.4, -0.2) is 19.8 Å². The smallest absolute Gasteiger partial charge is 0.378 e. The molecule has 0 amide bonds. The zero-order valence-corrected chi connectivity index (χ0v) is 6.18. The maximum atomic E-state index is 10.4. The predicted molar refractivity (Wildman–Crippen MR) is 34.5 cm³/mol. The predicted octanol–water partition coefficient (Wildman–Crippen LogP) is -0.691. The van der Waals surface area contributed by atoms with Gasteiger partial charge in [-0.25, -0.2) is 15.1 Å². The van der Waals surface area contributed by atoms with Gasteiger partial charge in [-0.15, -0.1) is 0 Å². The molecule has 0 aliphatic carbocycles. The minimum atomic E-state index is -4.04. The molecule has 1 unspecified atom stereocenters. The summed E-state index contributed by atoms with van der Waals surface area (Å²) in [5, 5.41) is 0. The van der Waals surface area contributed by atoms with Gasteiger partial charge in [0.2, 0.25) is 0 Å². The van der Waals surface area contributed by atoms with Crippen LogP contribution in [0.25, 0.3) is 0 Å². The Morgan fingerprint density at radius 2 is 2.09 bits per heavy atom. The lowest BCUT2D eigenvalue weighted by Crippen LogP contribution is -2.03. The van der Waals surface area contributed by atoms with Crippen molar-refractivity contribution in [3.8, 4) is 6.01 Å². The number of rotatable bonds is 2. The first-order valence-electron chi connectivity index (χ1n) is 2.51. The zero-order chi connectivity index (χ0) is 8.32. The molecule has 0 spiro atoms. The van der Waals surface area contributed by atoms with Crippen molar-refractivity contribution in [3.05, 3.63) is 12.7 Å². The van der Waals surface area contributed by atoms with Crippen molar-refractivity contribution in [2.24, 2.45) is 5.50 Å². The lowest BCUT2D eigenvalue weighted by Gasteiger charge is -2.03. The summed E-state index contributed by atoms with van der Waals surface area (Å²) in [5.74, 6) is 0. The van der Waals surface area contributed by atoms with Crippen LogP contribution in [0.5, 0.6) is 6.01 Å². The third-order valence-electron chi connectivity index (χ3n) is 0.682. The molecule has 60 valence electrons. The summed E-state index contributed by atoms with van der Waals surface area (Å²) in [7, 11) is -4.04. The molecule has 0 aromatic carbocycles. The summed E-state index contributed by atoms with van der Waals surface area (Å²) < 4.78 is 14.6. The Hall–Kier alpha value is -1.04. The molecule has 0 bridgehead atoms. The SMILES string of the molecule is NP(=O)(O)Oc1ncncn1. The Balaban J connectivity index is 2.74. The molecule has 1 aromatic heterocycles. The van der Waals surface area contributed by atoms with E-state index in [1.165, 1.54) is 0 Å². The first-order valence-corrected chi connectivity index (χ1v) is 4.15. The molecule has 11 heavy (non-hydrogen) atoms. The topological polar surface area (TPSA) is 111 Å². The van der Waals surface area contributed by atoms with Crippen LogP contribution in [0.3, 0.4) is 0 Å². The minimum Gasteiger partial charge on any atom is -0.378 e. The van der Waals surface area contributed by atoms with Crippen LogP contribution in [0.1, 0.15) is 0 Å². The van der Waals surface area contributed by atoms with Crippen molar-refractivity contribution in [2.45, 2.75) is 0 Å². The first kappa shape index (κ1) is 8.06. The van der Waals surface area contributed by atoms with Gasteiger partial charge in [-0.1, -0.05) is 0 Å². The van der Waals surface area contributed by atoms with Gasteiger partial charge >= 0.3 is 13.8 Å². The fraction of sp³-hybridized carbons (Fsp3) is 0. The minimum absolute atomic E-state index is 0.270. The Morgan fingerprint density at radius 3 is 2.55 bits per heavy atom. The highest BCUT2D eigenvalue weighted by Crippen LogP contribution is 2.30. The van der Waals surface area contributed by atoms with Gasteiger partial charge in [0.05, 0.1) is 0 Å². The highest BCUT2D eigenvalue weighted by atomic mass is 31.2. The van der Waals surface area contributed by atoms with Crippen molar-refractivity contribution in [1.82, 2.24) is 15.0 Å². The van der Waals surface area contributed by atoms with Crippen molar-refractivity contribution >= 4 is 7.75 Å². The van der Waals surface area contributed by atoms with Crippen LogP contribution in [0.4, 0.5) is 0 Å². The number of hydrogen-bond acceptors (Lipinski definition) is 5. The van der Waals surface area contributed by atoms with Crippen LogP contribution in [-0.2, 0) is 4.57 Å². The van der Waals surface area contributed by atoms with E-state index in [9.17, 15) is 4.57 Å². The lowest BCUT2D eigenvalue weighted by atomic mass is 11.0. The number of aromatic nitrogens is 3. The molecule has 8 heteroatoms. The number of nitrogens with two attached hydrogens (primary N) is 1. The average Bonchev–Trinajstić information content (AvgIpc) is 1.85. The summed E-state index contributed by atoms with van der Waals surface area (Å²) in [6.07, 6.45) is 2.25. The van der Waals surface area contributed by atoms with Gasteiger partial charge in [0.15, 0.2) is 0 Å². The molecule has 1 atom stereocenters. The van der Waals surface area contributed by atoms with Gasteiger partial charge in [-0.2, -0.15) is 9.97 Å². The van der Waals surface area contributed by atoms with Gasteiger partial charge < -0.3 is 9.42 Å². The molecule has 0 aliphatic heterocycles. The number of hydrogen-bond donors (Lipinski definition) is 2. The third kappa shape index (κ3) is 3.03. The zero-order valence-electron chi connectivity index (χ0n) is 5.28. The fourth-order valence-corrected chi connectivity index (χ4v) is 0.721. The second-order valence-corrected chi connectivity index (χ2v) is 2.89. The second-order valence-electron chi connectivity index (χ2n) is 1.58. The molecule has 0 saturated heterocycles. The van der Waals surface area contributed by atoms with Crippen LogP contribution in [0, 0.1) is 0 Å². The van der Waals surface area contributed by atoms with E-state index in [4.69, 9.17) is 4.89 Å². The van der Waals surface area contributed by atoms with Crippen molar-refractivity contribution in [3.63, 3.8) is 0 Å². The van der Waals surface area contributed by atoms with Crippen molar-refractivity contribution in [1.29, 1.82) is 0 Å². The van der Waals surface area contributed by atoms with E-state index < -0.39 is 7.75 Å². The van der Waals surface area contributed by atoms with Gasteiger partial charge in [0, 0.05) is 0 Å². The normalized spacial score (nSPS) is 15.5. The Bertz CT molecular complexity index is 271. The molecule has 0 fully saturated rings. The molecule has 1 aromatic rings. The van der Waals surface area contributed by atoms with E-state index in [2.05, 4.69) is 25.0 Å². The van der Waals surface area contributed by atoms with Gasteiger partial charge in [-0.05, 0) is 0 Å². The first-order chi connectivity index (χ1) is 5.08. The number of nitrogens with zero attached hydrogens (tertiary/aromatic N) is 3. The molecule has 7 nitrogen and oxygen atoms in total. The molecule has 0 saturated carbocycles. The van der Waals surface area contributed by atoms with E-state index in [0.29, 0.717) is 0 Å². The summed E-state index contributed by atoms with van der Waals surface area (Å²) in [6.45, 7) is 0. The molecular formula is C3H5N4O3P. The van der Waals surface area contributed by atoms with E-state index in [0.717, 1.165) is 12.7 Å². The quantitative estimate of drug-likeness (QED) is 0.573. The fourth-order valence-electron chi connectivity index (χ4n) is 0.393. The summed E-state index contributed by atoms with van der Waals surface area (Å²) in [5.41, 5.74) is 4.66. The largest absolute Gasteiger partial charge is 0.455 e. The van der Waals surface area contributed by atoms with Gasteiger partial charge in [-0.3, -0.25) is 0 Å². The average molecular weight is 176 g/mol. The molecule has 1 rings (SSSR count). The third-order valence-corrected chi connectivity index (χ3v) is 1.11. The summed E-state index contributed by atoms with van der Waals surface area (Å²) >= 11 is 0. The highest BCUT2D eigenvalue weighted by Gasteiger charge is 2.14. The van der Waals surface area contributed by atoms with Crippen LogP contribution >= 0.6 is 7.75 Å². The van der Waals surface area contributed by atoms with E-state index in [-0.39, 0.29) is 6.01 Å². The van der Waals surface area contributed by atoms with E-state index in [1.807, 2.05) is 0 Å².